The number of para-hydroxylation sites is 1. The van der Waals surface area contributed by atoms with Crippen LogP contribution in [0.3, 0.4) is 0 Å². The van der Waals surface area contributed by atoms with Crippen LogP contribution in [0.15, 0.2) is 65.5 Å². The normalized spacial score (nSPS) is 18.6. The molecule has 1 N–H and O–H groups in total. The molecule has 3 aromatic rings. The van der Waals surface area contributed by atoms with E-state index in [-0.39, 0.29) is 17.5 Å². The molecule has 1 aliphatic carbocycles. The van der Waals surface area contributed by atoms with Crippen molar-refractivity contribution in [1.82, 2.24) is 19.8 Å². The van der Waals surface area contributed by atoms with Crippen LogP contribution < -0.4 is 10.9 Å². The maximum atomic E-state index is 13.8. The summed E-state index contributed by atoms with van der Waals surface area (Å²) in [4.78, 5) is 33.7. The van der Waals surface area contributed by atoms with Crippen LogP contribution >= 0.6 is 12.6 Å². The molecular weight excluding hydrogens is 456 g/mol. The number of carbonyl (C=O) groups is 1. The number of hydrogen-bond donors (Lipinski definition) is 2. The summed E-state index contributed by atoms with van der Waals surface area (Å²) in [6.45, 7) is 3.18. The van der Waals surface area contributed by atoms with E-state index >= 15 is 0 Å². The Bertz CT molecular complexity index is 1240. The van der Waals surface area contributed by atoms with Gasteiger partial charge in [-0.1, -0.05) is 55.0 Å². The minimum absolute atomic E-state index is 0.00265. The van der Waals surface area contributed by atoms with Crippen molar-refractivity contribution in [3.8, 4) is 5.69 Å². The monoisotopic (exact) mass is 488 g/mol. The molecule has 7 heteroatoms. The smallest absolute Gasteiger partial charge is 0.264 e. The Morgan fingerprint density at radius 2 is 1.80 bits per heavy atom. The van der Waals surface area contributed by atoms with E-state index in [0.29, 0.717) is 37.4 Å². The number of benzene rings is 2. The van der Waals surface area contributed by atoms with Crippen molar-refractivity contribution in [1.29, 1.82) is 0 Å². The molecule has 1 saturated carbocycles. The third kappa shape index (κ3) is 4.80. The Morgan fingerprint density at radius 3 is 2.46 bits per heavy atom. The zero-order valence-corrected chi connectivity index (χ0v) is 21.0. The average Bonchev–Trinajstić information content (AvgIpc) is 2.84. The highest BCUT2D eigenvalue weighted by Crippen LogP contribution is 2.38. The Labute approximate surface area is 211 Å². The van der Waals surface area contributed by atoms with Crippen LogP contribution in [0, 0.1) is 0 Å². The van der Waals surface area contributed by atoms with E-state index in [1.165, 1.54) is 12.0 Å². The van der Waals surface area contributed by atoms with Gasteiger partial charge in [-0.15, -0.1) is 12.6 Å². The summed E-state index contributed by atoms with van der Waals surface area (Å²) in [5.41, 5.74) is 3.23. The molecule has 1 amide bonds. The molecule has 1 aromatic heterocycles. The number of nitrogens with zero attached hydrogens (tertiary/aromatic N) is 3. The summed E-state index contributed by atoms with van der Waals surface area (Å²) in [6.07, 6.45) is 4.21. The summed E-state index contributed by atoms with van der Waals surface area (Å²) in [7, 11) is 0. The van der Waals surface area contributed by atoms with Crippen molar-refractivity contribution in [3.63, 3.8) is 0 Å². The summed E-state index contributed by atoms with van der Waals surface area (Å²) >= 11 is 4.78. The number of thiol groups is 1. The summed E-state index contributed by atoms with van der Waals surface area (Å²) in [6, 6.07) is 20.0. The first kappa shape index (κ1) is 23.8. The molecule has 182 valence electrons. The van der Waals surface area contributed by atoms with Gasteiger partial charge < -0.3 is 10.2 Å². The van der Waals surface area contributed by atoms with Crippen LogP contribution in [-0.2, 0) is 11.2 Å². The molecule has 1 fully saturated rings. The van der Waals surface area contributed by atoms with E-state index in [9.17, 15) is 9.59 Å². The molecule has 2 aliphatic rings. The summed E-state index contributed by atoms with van der Waals surface area (Å²) in [5, 5.41) is 2.83. The lowest BCUT2D eigenvalue weighted by Gasteiger charge is -2.36. The Morgan fingerprint density at radius 1 is 1.11 bits per heavy atom. The fraction of sp³-hybridized carbons (Fsp3) is 0.393. The summed E-state index contributed by atoms with van der Waals surface area (Å²) < 4.78 is 1.75. The van der Waals surface area contributed by atoms with Gasteiger partial charge in [-0.3, -0.25) is 14.2 Å². The zero-order valence-electron chi connectivity index (χ0n) is 20.1. The number of fused-ring (bicyclic) bond motifs is 1. The van der Waals surface area contributed by atoms with E-state index in [1.807, 2.05) is 48.5 Å². The Kier molecular flexibility index (Phi) is 7.07. The minimum atomic E-state index is -0.594. The van der Waals surface area contributed by atoms with Crippen LogP contribution in [-0.4, -0.2) is 33.4 Å². The molecule has 1 unspecified atom stereocenters. The third-order valence-corrected chi connectivity index (χ3v) is 7.80. The van der Waals surface area contributed by atoms with E-state index < -0.39 is 5.37 Å². The first-order valence-electron chi connectivity index (χ1n) is 12.5. The second kappa shape index (κ2) is 10.4. The number of nitrogens with one attached hydrogen (secondary N) is 1. The number of carbonyl (C=O) groups excluding carboxylic acids is 1. The van der Waals surface area contributed by atoms with Gasteiger partial charge in [0.25, 0.3) is 5.56 Å². The largest absolute Gasteiger partial charge is 0.326 e. The van der Waals surface area contributed by atoms with Crippen molar-refractivity contribution >= 4 is 18.5 Å². The lowest BCUT2D eigenvalue weighted by Crippen LogP contribution is -2.44. The van der Waals surface area contributed by atoms with Crippen LogP contribution in [0.2, 0.25) is 0 Å². The van der Waals surface area contributed by atoms with Crippen molar-refractivity contribution in [2.75, 3.05) is 13.1 Å². The highest BCUT2D eigenvalue weighted by molar-refractivity contribution is 7.80. The fourth-order valence-electron chi connectivity index (χ4n) is 4.98. The van der Waals surface area contributed by atoms with Crippen LogP contribution in [0.1, 0.15) is 72.6 Å². The van der Waals surface area contributed by atoms with Gasteiger partial charge in [0.1, 0.15) is 11.2 Å². The molecule has 1 aliphatic heterocycles. The van der Waals surface area contributed by atoms with Crippen molar-refractivity contribution in [2.45, 2.75) is 56.4 Å². The highest BCUT2D eigenvalue weighted by atomic mass is 32.1. The van der Waals surface area contributed by atoms with E-state index in [1.54, 1.807) is 9.47 Å². The molecule has 6 nitrogen and oxygen atoms in total. The van der Waals surface area contributed by atoms with Crippen molar-refractivity contribution in [2.24, 2.45) is 0 Å². The molecule has 0 bridgehead atoms. The van der Waals surface area contributed by atoms with Gasteiger partial charge in [0.05, 0.1) is 16.9 Å². The van der Waals surface area contributed by atoms with Gasteiger partial charge in [-0.2, -0.15) is 0 Å². The topological polar surface area (TPSA) is 67.2 Å². The maximum absolute atomic E-state index is 13.8. The van der Waals surface area contributed by atoms with Crippen LogP contribution in [0.4, 0.5) is 0 Å². The molecule has 0 spiro atoms. The van der Waals surface area contributed by atoms with E-state index in [0.717, 1.165) is 30.0 Å². The molecular formula is C28H32N4O2S. The summed E-state index contributed by atoms with van der Waals surface area (Å²) in [5.74, 6) is 1.16. The predicted octanol–water partition coefficient (Wildman–Crippen LogP) is 4.55. The second-order valence-corrected chi connectivity index (χ2v) is 9.97. The van der Waals surface area contributed by atoms with Gasteiger partial charge in [0, 0.05) is 37.9 Å². The Balaban J connectivity index is 1.36. The predicted molar refractivity (Wildman–Crippen MR) is 141 cm³/mol. The van der Waals surface area contributed by atoms with Crippen LogP contribution in [0.25, 0.3) is 5.69 Å². The number of rotatable bonds is 7. The van der Waals surface area contributed by atoms with Crippen molar-refractivity contribution < 1.29 is 4.79 Å². The molecule has 2 aromatic carbocycles. The van der Waals surface area contributed by atoms with Gasteiger partial charge in [0.15, 0.2) is 0 Å². The zero-order chi connectivity index (χ0) is 24.4. The van der Waals surface area contributed by atoms with Gasteiger partial charge in [0.2, 0.25) is 5.91 Å². The molecule has 2 atom stereocenters. The van der Waals surface area contributed by atoms with Gasteiger partial charge in [-0.25, -0.2) is 4.98 Å². The number of aromatic nitrogens is 2. The minimum Gasteiger partial charge on any atom is -0.326 e. The molecule has 35 heavy (non-hydrogen) atoms. The second-order valence-electron chi connectivity index (χ2n) is 9.48. The van der Waals surface area contributed by atoms with E-state index in [2.05, 4.69) is 24.4 Å². The quantitative estimate of drug-likeness (QED) is 0.479. The fourth-order valence-corrected chi connectivity index (χ4v) is 5.48. The Hall–Kier alpha value is -2.90. The van der Waals surface area contributed by atoms with Crippen LogP contribution in [0.5, 0.6) is 0 Å². The molecule has 0 radical (unpaired) electrons. The van der Waals surface area contributed by atoms with Gasteiger partial charge >= 0.3 is 0 Å². The lowest BCUT2D eigenvalue weighted by molar-refractivity contribution is -0.132. The standard InChI is InChI=1S/C28H32N4O2S/c1-19(20-9-4-2-5-10-20)29-17-15-24(33)31-18-16-23-25(28(31)35)27(34)32(22-13-6-3-7-14-22)26(30-23)21-11-8-12-21/h2-7,9-10,13-14,19,21,28-29,35H,8,11-12,15-18H2,1H3/t19-,28?/m0/s1. The third-order valence-electron chi connectivity index (χ3n) is 7.26. The number of amides is 1. The number of hydrogen-bond acceptors (Lipinski definition) is 5. The van der Waals surface area contributed by atoms with Crippen molar-refractivity contribution in [3.05, 3.63) is 93.7 Å². The highest BCUT2D eigenvalue weighted by Gasteiger charge is 2.35. The SMILES string of the molecule is C[C@H](NCCC(=O)N1CCc2nc(C3CCC3)n(-c3ccccc3)c(=O)c2C1S)c1ccccc1. The first-order chi connectivity index (χ1) is 17.0. The van der Waals surface area contributed by atoms with E-state index in [4.69, 9.17) is 17.6 Å². The molecule has 0 saturated heterocycles. The lowest BCUT2D eigenvalue weighted by atomic mass is 9.84. The molecule has 5 rings (SSSR count). The average molecular weight is 489 g/mol. The first-order valence-corrected chi connectivity index (χ1v) is 13.0. The maximum Gasteiger partial charge on any atom is 0.264 e. The molecule has 2 heterocycles. The van der Waals surface area contributed by atoms with Gasteiger partial charge in [-0.05, 0) is 37.5 Å².